The molecule has 0 atom stereocenters. The molecule has 1 aromatic carbocycles. The normalized spacial score (nSPS) is 10.2. The summed E-state index contributed by atoms with van der Waals surface area (Å²) >= 11 is 0. The van der Waals surface area contributed by atoms with Crippen LogP contribution in [0.4, 0.5) is 0 Å². The van der Waals surface area contributed by atoms with Crippen LogP contribution in [0.15, 0.2) is 36.5 Å². The molecule has 0 amide bonds. The van der Waals surface area contributed by atoms with Crippen LogP contribution in [-0.2, 0) is 9.53 Å². The van der Waals surface area contributed by atoms with Crippen molar-refractivity contribution in [1.82, 2.24) is 4.98 Å². The van der Waals surface area contributed by atoms with Crippen LogP contribution in [-0.4, -0.2) is 24.2 Å². The topological polar surface area (TPSA) is 48.4 Å². The molecule has 1 aromatic heterocycles. The summed E-state index contributed by atoms with van der Waals surface area (Å²) in [4.78, 5) is 15.4. The van der Waals surface area contributed by atoms with E-state index in [4.69, 9.17) is 9.47 Å². The van der Waals surface area contributed by atoms with E-state index in [1.165, 1.54) is 0 Å². The average Bonchev–Trinajstić information content (AvgIpc) is 2.36. The van der Waals surface area contributed by atoms with Gasteiger partial charge in [0.2, 0.25) is 0 Å². The molecule has 2 aromatic rings. The van der Waals surface area contributed by atoms with Crippen LogP contribution in [0.3, 0.4) is 0 Å². The van der Waals surface area contributed by atoms with Crippen LogP contribution in [0.25, 0.3) is 10.9 Å². The summed E-state index contributed by atoms with van der Waals surface area (Å²) < 4.78 is 10.2. The SMILES string of the molecule is CCOC(=O)COc1ccnc2ccccc12. The standard InChI is InChI=1S/C13H13NO3/c1-2-16-13(15)9-17-12-7-8-14-11-6-4-3-5-10(11)12/h3-8H,2,9H2,1H3. The van der Waals surface area contributed by atoms with E-state index in [1.54, 1.807) is 19.2 Å². The van der Waals surface area contributed by atoms with Gasteiger partial charge in [0.05, 0.1) is 12.1 Å². The predicted octanol–water partition coefficient (Wildman–Crippen LogP) is 2.18. The number of aromatic nitrogens is 1. The van der Waals surface area contributed by atoms with Crippen molar-refractivity contribution in [2.24, 2.45) is 0 Å². The number of pyridine rings is 1. The molecule has 0 fully saturated rings. The lowest BCUT2D eigenvalue weighted by Gasteiger charge is -2.07. The Hall–Kier alpha value is -2.10. The summed E-state index contributed by atoms with van der Waals surface area (Å²) in [5.74, 6) is 0.275. The highest BCUT2D eigenvalue weighted by Gasteiger charge is 2.06. The van der Waals surface area contributed by atoms with Gasteiger partial charge >= 0.3 is 5.97 Å². The van der Waals surface area contributed by atoms with Crippen LogP contribution < -0.4 is 4.74 Å². The summed E-state index contributed by atoms with van der Waals surface area (Å²) in [6, 6.07) is 9.35. The summed E-state index contributed by atoms with van der Waals surface area (Å²) in [7, 11) is 0. The van der Waals surface area contributed by atoms with Crippen LogP contribution in [0, 0.1) is 0 Å². The van der Waals surface area contributed by atoms with E-state index in [9.17, 15) is 4.79 Å². The maximum Gasteiger partial charge on any atom is 0.344 e. The lowest BCUT2D eigenvalue weighted by atomic mass is 10.2. The first kappa shape index (κ1) is 11.4. The van der Waals surface area contributed by atoms with E-state index < -0.39 is 0 Å². The number of para-hydroxylation sites is 1. The molecule has 88 valence electrons. The van der Waals surface area contributed by atoms with Gasteiger partial charge in [-0.3, -0.25) is 4.98 Å². The van der Waals surface area contributed by atoms with Crippen molar-refractivity contribution < 1.29 is 14.3 Å². The minimum Gasteiger partial charge on any atom is -0.481 e. The van der Waals surface area contributed by atoms with Crippen LogP contribution >= 0.6 is 0 Å². The summed E-state index contributed by atoms with van der Waals surface area (Å²) in [6.45, 7) is 2.04. The third-order valence-corrected chi connectivity index (χ3v) is 2.26. The van der Waals surface area contributed by atoms with Gasteiger partial charge in [0.1, 0.15) is 5.75 Å². The lowest BCUT2D eigenvalue weighted by Crippen LogP contribution is -2.14. The Balaban J connectivity index is 2.16. The zero-order valence-electron chi connectivity index (χ0n) is 9.55. The van der Waals surface area contributed by atoms with Crippen LogP contribution in [0.1, 0.15) is 6.92 Å². The van der Waals surface area contributed by atoms with Crippen molar-refractivity contribution in [2.75, 3.05) is 13.2 Å². The molecule has 2 rings (SSSR count). The number of benzene rings is 1. The Morgan fingerprint density at radius 3 is 2.94 bits per heavy atom. The Bertz CT molecular complexity index is 520. The van der Waals surface area contributed by atoms with Crippen molar-refractivity contribution in [2.45, 2.75) is 6.92 Å². The number of carbonyl (C=O) groups excluding carboxylic acids is 1. The number of nitrogens with zero attached hydrogens (tertiary/aromatic N) is 1. The highest BCUT2D eigenvalue weighted by atomic mass is 16.6. The number of rotatable bonds is 4. The number of esters is 1. The quantitative estimate of drug-likeness (QED) is 0.757. The predicted molar refractivity (Wildman–Crippen MR) is 63.9 cm³/mol. The van der Waals surface area contributed by atoms with E-state index in [-0.39, 0.29) is 12.6 Å². The molecular weight excluding hydrogens is 218 g/mol. The zero-order chi connectivity index (χ0) is 12.1. The van der Waals surface area contributed by atoms with Crippen LogP contribution in [0.2, 0.25) is 0 Å². The van der Waals surface area contributed by atoms with E-state index in [0.29, 0.717) is 12.4 Å². The first-order valence-electron chi connectivity index (χ1n) is 5.43. The number of ether oxygens (including phenoxy) is 2. The highest BCUT2D eigenvalue weighted by Crippen LogP contribution is 2.23. The molecule has 0 saturated heterocycles. The van der Waals surface area contributed by atoms with Gasteiger partial charge in [-0.15, -0.1) is 0 Å². The Morgan fingerprint density at radius 1 is 1.29 bits per heavy atom. The Kier molecular flexibility index (Phi) is 3.55. The molecule has 0 bridgehead atoms. The second kappa shape index (κ2) is 5.30. The molecule has 0 radical (unpaired) electrons. The molecule has 0 N–H and O–H groups in total. The molecule has 1 heterocycles. The maximum absolute atomic E-state index is 11.2. The molecule has 0 saturated carbocycles. The fourth-order valence-electron chi connectivity index (χ4n) is 1.53. The number of hydrogen-bond donors (Lipinski definition) is 0. The van der Waals surface area contributed by atoms with E-state index in [0.717, 1.165) is 10.9 Å². The van der Waals surface area contributed by atoms with Crippen molar-refractivity contribution in [3.8, 4) is 5.75 Å². The van der Waals surface area contributed by atoms with E-state index in [1.807, 2.05) is 24.3 Å². The summed E-state index contributed by atoms with van der Waals surface area (Å²) in [5, 5.41) is 0.888. The molecule has 0 aliphatic heterocycles. The van der Waals surface area contributed by atoms with Crippen molar-refractivity contribution in [3.05, 3.63) is 36.5 Å². The maximum atomic E-state index is 11.2. The Labute approximate surface area is 99.2 Å². The summed E-state index contributed by atoms with van der Waals surface area (Å²) in [5.41, 5.74) is 0.842. The lowest BCUT2D eigenvalue weighted by molar-refractivity contribution is -0.145. The molecule has 0 unspecified atom stereocenters. The van der Waals surface area contributed by atoms with Crippen molar-refractivity contribution in [3.63, 3.8) is 0 Å². The third kappa shape index (κ3) is 2.72. The summed E-state index contributed by atoms with van der Waals surface area (Å²) in [6.07, 6.45) is 1.66. The number of carbonyl (C=O) groups is 1. The van der Waals surface area contributed by atoms with Gasteiger partial charge in [-0.1, -0.05) is 12.1 Å². The fourth-order valence-corrected chi connectivity index (χ4v) is 1.53. The minimum atomic E-state index is -0.367. The van der Waals surface area contributed by atoms with Gasteiger partial charge in [-0.05, 0) is 25.1 Å². The van der Waals surface area contributed by atoms with Gasteiger partial charge < -0.3 is 9.47 Å². The zero-order valence-corrected chi connectivity index (χ0v) is 9.55. The minimum absolute atomic E-state index is 0.0815. The largest absolute Gasteiger partial charge is 0.481 e. The third-order valence-electron chi connectivity index (χ3n) is 2.26. The van der Waals surface area contributed by atoms with Gasteiger partial charge in [0, 0.05) is 11.6 Å². The molecular formula is C13H13NO3. The van der Waals surface area contributed by atoms with Gasteiger partial charge in [-0.2, -0.15) is 0 Å². The first-order valence-corrected chi connectivity index (χ1v) is 5.43. The first-order chi connectivity index (χ1) is 8.31. The second-order valence-electron chi connectivity index (χ2n) is 3.42. The molecule has 0 aliphatic rings. The molecule has 17 heavy (non-hydrogen) atoms. The second-order valence-corrected chi connectivity index (χ2v) is 3.42. The van der Waals surface area contributed by atoms with Gasteiger partial charge in [-0.25, -0.2) is 4.79 Å². The monoisotopic (exact) mass is 231 g/mol. The smallest absolute Gasteiger partial charge is 0.344 e. The molecule has 4 nitrogen and oxygen atoms in total. The number of fused-ring (bicyclic) bond motifs is 1. The van der Waals surface area contributed by atoms with Gasteiger partial charge in [0.25, 0.3) is 0 Å². The fraction of sp³-hybridized carbons (Fsp3) is 0.231. The van der Waals surface area contributed by atoms with Crippen molar-refractivity contribution >= 4 is 16.9 Å². The molecule has 0 spiro atoms. The Morgan fingerprint density at radius 2 is 2.12 bits per heavy atom. The van der Waals surface area contributed by atoms with E-state index >= 15 is 0 Å². The average molecular weight is 231 g/mol. The van der Waals surface area contributed by atoms with E-state index in [2.05, 4.69) is 4.98 Å². The van der Waals surface area contributed by atoms with Crippen LogP contribution in [0.5, 0.6) is 5.75 Å². The number of hydrogen-bond acceptors (Lipinski definition) is 4. The highest BCUT2D eigenvalue weighted by molar-refractivity contribution is 5.85. The molecule has 4 heteroatoms. The van der Waals surface area contributed by atoms with Gasteiger partial charge in [0.15, 0.2) is 6.61 Å². The van der Waals surface area contributed by atoms with Crippen molar-refractivity contribution in [1.29, 1.82) is 0 Å². The molecule has 0 aliphatic carbocycles.